The molecule has 0 aliphatic carbocycles. The van der Waals surface area contributed by atoms with E-state index in [1.165, 1.54) is 17.0 Å². The second-order valence-corrected chi connectivity index (χ2v) is 47.6. The normalized spacial score (nSPS) is 20.4. The number of anilines is 3. The van der Waals surface area contributed by atoms with E-state index in [-0.39, 0.29) is 76.2 Å². The second-order valence-electron chi connectivity index (χ2n) is 32.2. The van der Waals surface area contributed by atoms with Crippen molar-refractivity contribution in [1.29, 1.82) is 0 Å². The van der Waals surface area contributed by atoms with Crippen molar-refractivity contribution in [3.63, 3.8) is 0 Å². The molecular weight excluding hydrogens is 1460 g/mol. The van der Waals surface area contributed by atoms with E-state index in [2.05, 4.69) is 144 Å². The Morgan fingerprint density at radius 3 is 1.13 bits per heavy atom. The number of ether oxygens (including phenoxy) is 4. The predicted molar refractivity (Wildman–Crippen MR) is 421 cm³/mol. The van der Waals surface area contributed by atoms with Crippen molar-refractivity contribution in [3.8, 4) is 11.5 Å². The van der Waals surface area contributed by atoms with E-state index in [0.717, 1.165) is 57.1 Å². The fourth-order valence-electron chi connectivity index (χ4n) is 12.2. The molecule has 0 unspecified atom stereocenters. The first kappa shape index (κ1) is 82.5. The number of fused-ring (bicyclic) bond motifs is 6. The largest absolute Gasteiger partial charge is 0.508 e. The van der Waals surface area contributed by atoms with Crippen molar-refractivity contribution in [2.45, 2.75) is 241 Å². The number of amides is 6. The lowest BCUT2D eigenvalue weighted by molar-refractivity contribution is 0.0587. The molecule has 20 nitrogen and oxygen atoms in total. The molecule has 6 aliphatic heterocycles. The molecule has 1 N–H and O–H groups in total. The number of phenolic OH excluding ortho intramolecular Hbond substituents is 1. The molecule has 6 aliphatic rings. The molecule has 0 radical (unpaired) electrons. The van der Waals surface area contributed by atoms with Crippen molar-refractivity contribution in [2.24, 2.45) is 0 Å². The first-order valence-electron chi connectivity index (χ1n) is 35.4. The summed E-state index contributed by atoms with van der Waals surface area (Å²) in [5.74, 6) is 0.160. The van der Waals surface area contributed by atoms with E-state index in [1.807, 2.05) is 84.4 Å². The average molecular weight is 1570 g/mol. The number of benzene rings is 3. The first-order valence-corrected chi connectivity index (χ1v) is 45.7. The van der Waals surface area contributed by atoms with Crippen LogP contribution >= 0.6 is 22.6 Å². The molecule has 0 saturated carbocycles. The number of aryl methyl sites for hydroxylation is 4. The van der Waals surface area contributed by atoms with Gasteiger partial charge < -0.3 is 52.0 Å². The van der Waals surface area contributed by atoms with Crippen molar-refractivity contribution in [2.75, 3.05) is 45.6 Å². The highest BCUT2D eigenvalue weighted by molar-refractivity contribution is 14.1. The highest BCUT2D eigenvalue weighted by Gasteiger charge is 2.54. The van der Waals surface area contributed by atoms with Crippen LogP contribution in [-0.4, -0.2) is 148 Å². The molecule has 3 aromatic rings. The van der Waals surface area contributed by atoms with Crippen molar-refractivity contribution in [1.82, 2.24) is 14.7 Å². The number of unbranched alkanes of at least 4 members (excludes halogenated alkanes) is 2. The lowest BCUT2D eigenvalue weighted by atomic mass is 10.0. The maximum atomic E-state index is 14.0. The Bertz CT molecular complexity index is 3650. The third kappa shape index (κ3) is 17.9. The molecule has 6 amide bonds. The van der Waals surface area contributed by atoms with E-state index in [9.17, 15) is 33.9 Å². The predicted octanol–water partition coefficient (Wildman–Crippen LogP) is 18.8. The van der Waals surface area contributed by atoms with Gasteiger partial charge in [0.15, 0.2) is 43.6 Å². The summed E-state index contributed by atoms with van der Waals surface area (Å²) in [6, 6.07) is 9.41. The molecule has 9 rings (SSSR count). The van der Waals surface area contributed by atoms with Gasteiger partial charge in [-0.05, 0) is 192 Å². The number of alkyl halides is 1. The molecule has 0 aromatic heterocycles. The Morgan fingerprint density at radius 1 is 0.480 bits per heavy atom. The quantitative estimate of drug-likeness (QED) is 0.0314. The van der Waals surface area contributed by atoms with Crippen LogP contribution in [0, 0.1) is 27.7 Å². The summed E-state index contributed by atoms with van der Waals surface area (Å²) in [5, 5.41) is 10.2. The van der Waals surface area contributed by atoms with Crippen molar-refractivity contribution >= 4 is 101 Å². The van der Waals surface area contributed by atoms with Crippen LogP contribution in [0.4, 0.5) is 31.4 Å². The molecule has 0 fully saturated rings. The standard InChI is InChI=1S/C29H43IN2O5Si.C25H36N2O4Si.C24H34N2O5Si/c1-9-14-36-28(34)32-23-18-25(35-15-12-10-11-13-30)21(3)17-22(23)26(33)31-19-20(2)16-24(31)27(32)37-38(7,8)29(4,5)6;1-10-11-30-24(29)27-20-14-18(4)17(3)13-19(20)22(28)26-15-16(2)12-21(26)23(27)31-32(8,9)25(5,6)7;1-9-10-30-23(29)26-18-13-20(27)16(3)12-17(18)21(28)25-14-15(2)11-19(25)22(26)31-32(7,8)24(4,5)6/h9,17-19,24,27H,1,10-16H2,2-8H3;10,13-15,21,23H,1,11-12H2,2-9H3;9,12-14,19,22,27H,1,10-11H2,2-8H3/t24-,27-;21-,23-;19-,22-/m000/s1. The number of halogens is 1. The van der Waals surface area contributed by atoms with Crippen molar-refractivity contribution in [3.05, 3.63) is 149 Å². The van der Waals surface area contributed by atoms with E-state index in [4.69, 9.17) is 32.2 Å². The molecular formula is C78H113IN6O14Si3. The van der Waals surface area contributed by atoms with E-state index < -0.39 is 68.0 Å². The molecule has 6 atom stereocenters. The Kier molecular flexibility index (Phi) is 26.4. The van der Waals surface area contributed by atoms with Gasteiger partial charge in [-0.15, -0.1) is 0 Å². The highest BCUT2D eigenvalue weighted by Crippen LogP contribution is 2.49. The number of hydrogen-bond donors (Lipinski definition) is 1. The molecule has 102 heavy (non-hydrogen) atoms. The number of nitrogens with zero attached hydrogens (tertiary/aromatic N) is 6. The summed E-state index contributed by atoms with van der Waals surface area (Å²) in [4.78, 5) is 91.4. The van der Waals surface area contributed by atoms with Gasteiger partial charge in [0, 0.05) is 30.7 Å². The summed E-state index contributed by atoms with van der Waals surface area (Å²) >= 11 is 2.39. The zero-order valence-corrected chi connectivity index (χ0v) is 69.8. The van der Waals surface area contributed by atoms with Crippen LogP contribution < -0.4 is 19.4 Å². The SMILES string of the molecule is C=CCOC(=O)N1c2cc(C)c(C)cc2C(=O)N2C=C(C)C[C@H]2[C@@H]1O[Si](C)(C)C(C)(C)C.C=CCOC(=O)N1c2cc(O)c(C)cc2C(=O)N2C=C(C)C[C@H]2[C@@H]1O[Si](C)(C)C(C)(C)C.C=CCOC(=O)N1c2cc(OCCCCCI)c(C)cc2C(=O)N2C=C(C)C[C@H]2[C@@H]1O[Si](C)(C)C(C)(C)C. The average Bonchev–Trinajstić information content (AvgIpc) is 1.58. The summed E-state index contributed by atoms with van der Waals surface area (Å²) in [6.07, 6.45) is 11.3. The minimum absolute atomic E-state index is 0.00192. The van der Waals surface area contributed by atoms with Crippen molar-refractivity contribution < 1.29 is 66.1 Å². The van der Waals surface area contributed by atoms with Gasteiger partial charge in [0.25, 0.3) is 17.7 Å². The van der Waals surface area contributed by atoms with Crippen LogP contribution in [0.3, 0.4) is 0 Å². The Hall–Kier alpha value is -6.82. The van der Waals surface area contributed by atoms with Crippen LogP contribution in [0.5, 0.6) is 11.5 Å². The van der Waals surface area contributed by atoms with Crippen LogP contribution in [-0.2, 0) is 27.5 Å². The fraction of sp³-hybridized carbons (Fsp3) is 0.538. The first-order chi connectivity index (χ1) is 47.4. The topological polar surface area (TPSA) is 207 Å². The number of hydrogen-bond acceptors (Lipinski definition) is 14. The zero-order chi connectivity index (χ0) is 76.3. The van der Waals surface area contributed by atoms with Gasteiger partial charge in [-0.3, -0.25) is 14.4 Å². The Labute approximate surface area is 623 Å². The molecule has 0 bridgehead atoms. The van der Waals surface area contributed by atoms with E-state index in [1.54, 1.807) is 49.6 Å². The zero-order valence-electron chi connectivity index (χ0n) is 64.6. The van der Waals surface area contributed by atoms with Gasteiger partial charge in [-0.25, -0.2) is 29.1 Å². The maximum Gasteiger partial charge on any atom is 0.416 e. The lowest BCUT2D eigenvalue weighted by Gasteiger charge is -2.44. The third-order valence-electron chi connectivity index (χ3n) is 21.2. The number of carbonyl (C=O) groups excluding carboxylic acids is 6. The van der Waals surface area contributed by atoms with E-state index in [0.29, 0.717) is 65.2 Å². The molecule has 6 heterocycles. The summed E-state index contributed by atoms with van der Waals surface area (Å²) in [6.45, 7) is 57.5. The lowest BCUT2D eigenvalue weighted by Crippen LogP contribution is -2.57. The molecule has 24 heteroatoms. The minimum atomic E-state index is -2.38. The summed E-state index contributed by atoms with van der Waals surface area (Å²) in [7, 11) is -7.07. The van der Waals surface area contributed by atoms with Gasteiger partial charge >= 0.3 is 18.3 Å². The maximum absolute atomic E-state index is 14.0. The number of phenols is 1. The van der Waals surface area contributed by atoms with Crippen LogP contribution in [0.15, 0.2) is 110 Å². The summed E-state index contributed by atoms with van der Waals surface area (Å²) in [5.41, 5.74) is 9.12. The highest BCUT2D eigenvalue weighted by atomic mass is 127. The van der Waals surface area contributed by atoms with Crippen LogP contribution in [0.2, 0.25) is 54.4 Å². The smallest absolute Gasteiger partial charge is 0.416 e. The second kappa shape index (κ2) is 32.7. The number of aromatic hydroxyl groups is 1. The monoisotopic (exact) mass is 1570 g/mol. The van der Waals surface area contributed by atoms with Crippen LogP contribution in [0.25, 0.3) is 0 Å². The minimum Gasteiger partial charge on any atom is -0.508 e. The Morgan fingerprint density at radius 2 is 0.794 bits per heavy atom. The summed E-state index contributed by atoms with van der Waals surface area (Å²) < 4.78 is 44.5. The Balaban J connectivity index is 0.000000216. The molecule has 558 valence electrons. The number of carbonyl (C=O) groups is 6. The molecule has 0 spiro atoms. The van der Waals surface area contributed by atoms with Gasteiger partial charge in [-0.1, -0.05) is 140 Å². The third-order valence-corrected chi connectivity index (χ3v) is 35.2. The molecule has 3 aromatic carbocycles. The number of rotatable bonds is 18. The van der Waals surface area contributed by atoms with Gasteiger partial charge in [0.1, 0.15) is 31.3 Å². The fourth-order valence-corrected chi connectivity index (χ4v) is 16.4. The van der Waals surface area contributed by atoms with Gasteiger partial charge in [-0.2, -0.15) is 0 Å². The van der Waals surface area contributed by atoms with Gasteiger partial charge in [0.2, 0.25) is 0 Å². The van der Waals surface area contributed by atoms with E-state index >= 15 is 0 Å². The molecule has 0 saturated heterocycles. The van der Waals surface area contributed by atoms with Gasteiger partial charge in [0.05, 0.1) is 58.5 Å². The van der Waals surface area contributed by atoms with Crippen LogP contribution in [0.1, 0.15) is 175 Å².